The van der Waals surface area contributed by atoms with Gasteiger partial charge in [0.1, 0.15) is 4.34 Å². The van der Waals surface area contributed by atoms with Crippen molar-refractivity contribution in [1.29, 1.82) is 0 Å². The van der Waals surface area contributed by atoms with E-state index in [-0.39, 0.29) is 11.0 Å². The number of ketones is 1. The Kier molecular flexibility index (Phi) is 4.20. The molecular weight excluding hydrogens is 274 g/mol. The lowest BCUT2D eigenvalue weighted by Crippen LogP contribution is -2.13. The number of thiazole rings is 1. The fraction of sp³-hybridized carbons (Fsp3) is 0.167. The van der Waals surface area contributed by atoms with Crippen molar-refractivity contribution in [2.24, 2.45) is 0 Å². The highest BCUT2D eigenvalue weighted by Gasteiger charge is 2.17. The van der Waals surface area contributed by atoms with Crippen LogP contribution in [0.1, 0.15) is 17.3 Å². The van der Waals surface area contributed by atoms with E-state index in [1.54, 1.807) is 41.8 Å². The van der Waals surface area contributed by atoms with Gasteiger partial charge in [0.05, 0.1) is 5.25 Å². The number of aromatic nitrogens is 1. The molecule has 2 aromatic rings. The Morgan fingerprint density at radius 3 is 3.00 bits per heavy atom. The van der Waals surface area contributed by atoms with Crippen molar-refractivity contribution >= 4 is 40.5 Å². The predicted octanol–water partition coefficient (Wildman–Crippen LogP) is 4.16. The highest BCUT2D eigenvalue weighted by Crippen LogP contribution is 2.27. The summed E-state index contributed by atoms with van der Waals surface area (Å²) in [6.45, 7) is 1.88. The lowest BCUT2D eigenvalue weighted by molar-refractivity contribution is 0.0994. The Hall–Kier alpha value is -0.840. The second-order valence-corrected chi connectivity index (χ2v) is 6.35. The van der Waals surface area contributed by atoms with Gasteiger partial charge in [-0.15, -0.1) is 11.3 Å². The molecule has 0 spiro atoms. The molecule has 0 saturated heterocycles. The Bertz CT molecular complexity index is 513. The molecule has 0 N–H and O–H groups in total. The minimum absolute atomic E-state index is 0.0766. The van der Waals surface area contributed by atoms with Crippen LogP contribution >= 0.6 is 34.7 Å². The van der Waals surface area contributed by atoms with E-state index >= 15 is 0 Å². The second kappa shape index (κ2) is 5.67. The average molecular weight is 284 g/mol. The zero-order valence-corrected chi connectivity index (χ0v) is 11.5. The topological polar surface area (TPSA) is 30.0 Å². The number of thioether (sulfide) groups is 1. The standard InChI is InChI=1S/C12H10ClNOS2/c1-8(17-12-14-5-6-16-12)11(15)9-3-2-4-10(13)7-9/h2-8H,1H3. The molecule has 0 fully saturated rings. The third kappa shape index (κ3) is 3.31. The smallest absolute Gasteiger partial charge is 0.176 e. The fourth-order valence-electron chi connectivity index (χ4n) is 1.35. The SMILES string of the molecule is CC(Sc1nccs1)C(=O)c1cccc(Cl)c1. The van der Waals surface area contributed by atoms with Gasteiger partial charge in [-0.2, -0.15) is 0 Å². The van der Waals surface area contributed by atoms with Gasteiger partial charge in [0, 0.05) is 22.2 Å². The van der Waals surface area contributed by atoms with Crippen LogP contribution in [-0.2, 0) is 0 Å². The summed E-state index contributed by atoms with van der Waals surface area (Å²) in [7, 11) is 0. The van der Waals surface area contributed by atoms with Crippen molar-refractivity contribution in [1.82, 2.24) is 4.98 Å². The molecule has 2 rings (SSSR count). The van der Waals surface area contributed by atoms with Gasteiger partial charge in [0.2, 0.25) is 0 Å². The molecule has 1 unspecified atom stereocenters. The highest BCUT2D eigenvalue weighted by molar-refractivity contribution is 8.02. The minimum atomic E-state index is -0.153. The summed E-state index contributed by atoms with van der Waals surface area (Å²) in [5.41, 5.74) is 0.647. The first-order chi connectivity index (χ1) is 8.16. The van der Waals surface area contributed by atoms with Gasteiger partial charge in [-0.3, -0.25) is 4.79 Å². The van der Waals surface area contributed by atoms with Crippen molar-refractivity contribution in [3.8, 4) is 0 Å². The molecule has 0 amide bonds. The first-order valence-electron chi connectivity index (χ1n) is 5.03. The van der Waals surface area contributed by atoms with Crippen LogP contribution in [0, 0.1) is 0 Å². The van der Waals surface area contributed by atoms with Gasteiger partial charge in [-0.25, -0.2) is 4.98 Å². The summed E-state index contributed by atoms with van der Waals surface area (Å²) in [5.74, 6) is 0.0766. The molecule has 5 heteroatoms. The number of Topliss-reactive ketones (excluding diaryl/α,β-unsaturated/α-hetero) is 1. The van der Waals surface area contributed by atoms with E-state index in [4.69, 9.17) is 11.6 Å². The second-order valence-electron chi connectivity index (χ2n) is 3.43. The zero-order valence-electron chi connectivity index (χ0n) is 9.09. The van der Waals surface area contributed by atoms with Crippen LogP contribution in [0.3, 0.4) is 0 Å². The summed E-state index contributed by atoms with van der Waals surface area (Å²) < 4.78 is 0.910. The molecule has 0 radical (unpaired) electrons. The number of carbonyl (C=O) groups excluding carboxylic acids is 1. The third-order valence-corrected chi connectivity index (χ3v) is 4.42. The van der Waals surface area contributed by atoms with Gasteiger partial charge in [-0.05, 0) is 19.1 Å². The van der Waals surface area contributed by atoms with E-state index in [0.29, 0.717) is 10.6 Å². The lowest BCUT2D eigenvalue weighted by Gasteiger charge is -2.08. The van der Waals surface area contributed by atoms with Crippen LogP contribution in [0.25, 0.3) is 0 Å². The Balaban J connectivity index is 2.09. The summed E-state index contributed by atoms with van der Waals surface area (Å²) in [4.78, 5) is 16.3. The van der Waals surface area contributed by atoms with E-state index in [1.807, 2.05) is 12.3 Å². The predicted molar refractivity (Wildman–Crippen MR) is 73.2 cm³/mol. The van der Waals surface area contributed by atoms with Crippen LogP contribution in [0.4, 0.5) is 0 Å². The van der Waals surface area contributed by atoms with Crippen molar-refractivity contribution in [2.75, 3.05) is 0 Å². The largest absolute Gasteiger partial charge is 0.293 e. The minimum Gasteiger partial charge on any atom is -0.293 e. The summed E-state index contributed by atoms with van der Waals surface area (Å²) in [6.07, 6.45) is 1.74. The molecule has 88 valence electrons. The Morgan fingerprint density at radius 1 is 1.53 bits per heavy atom. The quantitative estimate of drug-likeness (QED) is 0.623. The lowest BCUT2D eigenvalue weighted by atomic mass is 10.1. The van der Waals surface area contributed by atoms with Crippen LogP contribution < -0.4 is 0 Å². The number of hydrogen-bond acceptors (Lipinski definition) is 4. The molecule has 0 saturated carbocycles. The van der Waals surface area contributed by atoms with Gasteiger partial charge in [-0.1, -0.05) is 35.5 Å². The number of benzene rings is 1. The van der Waals surface area contributed by atoms with Crippen LogP contribution in [0.5, 0.6) is 0 Å². The van der Waals surface area contributed by atoms with Crippen LogP contribution in [-0.4, -0.2) is 16.0 Å². The van der Waals surface area contributed by atoms with Crippen molar-refractivity contribution in [3.63, 3.8) is 0 Å². The molecule has 17 heavy (non-hydrogen) atoms. The van der Waals surface area contributed by atoms with E-state index in [9.17, 15) is 4.79 Å². The zero-order chi connectivity index (χ0) is 12.3. The molecule has 0 aliphatic rings. The van der Waals surface area contributed by atoms with Crippen LogP contribution in [0.2, 0.25) is 5.02 Å². The maximum atomic E-state index is 12.1. The molecule has 1 heterocycles. The van der Waals surface area contributed by atoms with E-state index in [1.165, 1.54) is 11.8 Å². The maximum absolute atomic E-state index is 12.1. The molecule has 0 bridgehead atoms. The summed E-state index contributed by atoms with van der Waals surface area (Å²) >= 11 is 8.88. The first kappa shape index (κ1) is 12.6. The number of halogens is 1. The van der Waals surface area contributed by atoms with Crippen molar-refractivity contribution in [3.05, 3.63) is 46.4 Å². The van der Waals surface area contributed by atoms with Gasteiger partial charge in [0.25, 0.3) is 0 Å². The number of rotatable bonds is 4. The Labute approximate surface area is 113 Å². The van der Waals surface area contributed by atoms with Crippen molar-refractivity contribution < 1.29 is 4.79 Å². The molecular formula is C12H10ClNOS2. The fourth-order valence-corrected chi connectivity index (χ4v) is 3.39. The molecule has 0 aliphatic heterocycles. The van der Waals surface area contributed by atoms with E-state index < -0.39 is 0 Å². The first-order valence-corrected chi connectivity index (χ1v) is 7.16. The average Bonchev–Trinajstić information content (AvgIpc) is 2.80. The number of nitrogens with zero attached hydrogens (tertiary/aromatic N) is 1. The Morgan fingerprint density at radius 2 is 2.35 bits per heavy atom. The summed E-state index contributed by atoms with van der Waals surface area (Å²) in [5, 5.41) is 2.33. The molecule has 0 aliphatic carbocycles. The number of hydrogen-bond donors (Lipinski definition) is 0. The van der Waals surface area contributed by atoms with Crippen molar-refractivity contribution in [2.45, 2.75) is 16.5 Å². The molecule has 1 atom stereocenters. The van der Waals surface area contributed by atoms with E-state index in [2.05, 4.69) is 4.98 Å². The van der Waals surface area contributed by atoms with E-state index in [0.717, 1.165) is 4.34 Å². The maximum Gasteiger partial charge on any atom is 0.176 e. The highest BCUT2D eigenvalue weighted by atomic mass is 35.5. The van der Waals surface area contributed by atoms with Gasteiger partial charge in [0.15, 0.2) is 5.78 Å². The molecule has 1 aromatic heterocycles. The van der Waals surface area contributed by atoms with Gasteiger partial charge < -0.3 is 0 Å². The molecule has 1 aromatic carbocycles. The normalized spacial score (nSPS) is 12.4. The third-order valence-electron chi connectivity index (χ3n) is 2.17. The monoisotopic (exact) mass is 283 g/mol. The van der Waals surface area contributed by atoms with Gasteiger partial charge >= 0.3 is 0 Å². The number of carbonyl (C=O) groups is 1. The van der Waals surface area contributed by atoms with Crippen LogP contribution in [0.15, 0.2) is 40.2 Å². The molecule has 2 nitrogen and oxygen atoms in total. The summed E-state index contributed by atoms with van der Waals surface area (Å²) in [6, 6.07) is 7.03.